The minimum absolute atomic E-state index is 0.521. The topological polar surface area (TPSA) is 39.7 Å². The second-order valence-electron chi connectivity index (χ2n) is 5.75. The summed E-state index contributed by atoms with van der Waals surface area (Å²) in [6.07, 6.45) is 1.73. The van der Waals surface area contributed by atoms with E-state index in [2.05, 4.69) is 4.99 Å². The van der Waals surface area contributed by atoms with Gasteiger partial charge in [0.25, 0.3) is 0 Å². The van der Waals surface area contributed by atoms with E-state index in [1.165, 1.54) is 0 Å². The highest BCUT2D eigenvalue weighted by molar-refractivity contribution is 5.62. The van der Waals surface area contributed by atoms with Crippen LogP contribution in [0.3, 0.4) is 0 Å². The molecule has 4 heteroatoms. The lowest BCUT2D eigenvalue weighted by molar-refractivity contribution is 0.415. The maximum absolute atomic E-state index is 5.83. The van der Waals surface area contributed by atoms with E-state index < -0.39 is 0 Å². The molecule has 0 radical (unpaired) electrons. The second-order valence-corrected chi connectivity index (χ2v) is 5.75. The van der Waals surface area contributed by atoms with E-state index in [0.29, 0.717) is 5.68 Å². The molecule has 0 aliphatic heterocycles. The molecule has 128 valence electrons. The van der Waals surface area contributed by atoms with Gasteiger partial charge in [-0.15, -0.1) is 0 Å². The maximum Gasteiger partial charge on any atom is 0.307 e. The maximum atomic E-state index is 5.83. The Morgan fingerprint density at radius 1 is 0.808 bits per heavy atom. The van der Waals surface area contributed by atoms with Gasteiger partial charge in [-0.1, -0.05) is 36.4 Å². The van der Waals surface area contributed by atoms with Crippen LogP contribution in [-0.2, 0) is 0 Å². The molecule has 3 aromatic carbocycles. The summed E-state index contributed by atoms with van der Waals surface area (Å²) in [7, 11) is 1.66. The van der Waals surface area contributed by atoms with Crippen LogP contribution in [0.4, 0.5) is 5.69 Å². The SMILES string of the molecule is COc1ccc(-c2coc(=Nc3ccccc3)n2-c2ccccc2)cc1. The number of rotatable bonds is 4. The van der Waals surface area contributed by atoms with Gasteiger partial charge in [-0.2, -0.15) is 4.99 Å². The molecule has 0 saturated carbocycles. The van der Waals surface area contributed by atoms with Crippen LogP contribution in [0.2, 0.25) is 0 Å². The molecule has 0 saturated heterocycles. The van der Waals surface area contributed by atoms with Crippen molar-refractivity contribution in [1.29, 1.82) is 0 Å². The van der Waals surface area contributed by atoms with E-state index in [1.54, 1.807) is 13.4 Å². The average molecular weight is 342 g/mol. The summed E-state index contributed by atoms with van der Waals surface area (Å²) in [6.45, 7) is 0. The molecule has 0 atom stereocenters. The Morgan fingerprint density at radius 2 is 1.46 bits per heavy atom. The molecule has 4 aromatic rings. The third-order valence-corrected chi connectivity index (χ3v) is 4.09. The Balaban J connectivity index is 1.91. The molecule has 0 aliphatic carbocycles. The number of para-hydroxylation sites is 2. The lowest BCUT2D eigenvalue weighted by atomic mass is 10.1. The highest BCUT2D eigenvalue weighted by Crippen LogP contribution is 2.24. The zero-order valence-corrected chi connectivity index (χ0v) is 14.4. The van der Waals surface area contributed by atoms with Crippen LogP contribution in [0.1, 0.15) is 0 Å². The van der Waals surface area contributed by atoms with Gasteiger partial charge in [0.2, 0.25) is 0 Å². The smallest absolute Gasteiger partial charge is 0.307 e. The van der Waals surface area contributed by atoms with E-state index in [9.17, 15) is 0 Å². The molecular weight excluding hydrogens is 324 g/mol. The lowest BCUT2D eigenvalue weighted by Gasteiger charge is -2.08. The number of nitrogens with zero attached hydrogens (tertiary/aromatic N) is 2. The lowest BCUT2D eigenvalue weighted by Crippen LogP contribution is -2.14. The summed E-state index contributed by atoms with van der Waals surface area (Å²) in [4.78, 5) is 4.67. The molecule has 1 heterocycles. The third kappa shape index (κ3) is 3.17. The summed E-state index contributed by atoms with van der Waals surface area (Å²) in [5, 5.41) is 0. The van der Waals surface area contributed by atoms with Gasteiger partial charge in [-0.25, -0.2) is 0 Å². The Morgan fingerprint density at radius 3 is 2.12 bits per heavy atom. The van der Waals surface area contributed by atoms with Crippen LogP contribution in [0, 0.1) is 0 Å². The summed E-state index contributed by atoms with van der Waals surface area (Å²) in [5.74, 6) is 0.817. The molecule has 4 nitrogen and oxygen atoms in total. The Hall–Kier alpha value is -3.53. The molecule has 0 amide bonds. The van der Waals surface area contributed by atoms with Gasteiger partial charge >= 0.3 is 5.68 Å². The fourth-order valence-electron chi connectivity index (χ4n) is 2.79. The van der Waals surface area contributed by atoms with Crippen molar-refractivity contribution in [2.24, 2.45) is 4.99 Å². The molecule has 26 heavy (non-hydrogen) atoms. The molecule has 0 spiro atoms. The van der Waals surface area contributed by atoms with Gasteiger partial charge < -0.3 is 9.15 Å². The zero-order valence-electron chi connectivity index (χ0n) is 14.4. The van der Waals surface area contributed by atoms with Crippen molar-refractivity contribution < 1.29 is 9.15 Å². The first kappa shape index (κ1) is 16.0. The molecule has 0 N–H and O–H groups in total. The van der Waals surface area contributed by atoms with Crippen LogP contribution in [0.25, 0.3) is 16.9 Å². The van der Waals surface area contributed by atoms with Gasteiger partial charge in [-0.05, 0) is 48.5 Å². The molecule has 0 aliphatic rings. The number of hydrogen-bond donors (Lipinski definition) is 0. The molecule has 0 fully saturated rings. The van der Waals surface area contributed by atoms with E-state index in [1.807, 2.05) is 89.5 Å². The summed E-state index contributed by atoms with van der Waals surface area (Å²) >= 11 is 0. The van der Waals surface area contributed by atoms with Crippen molar-refractivity contribution in [1.82, 2.24) is 4.57 Å². The largest absolute Gasteiger partial charge is 0.497 e. The van der Waals surface area contributed by atoms with Crippen LogP contribution in [0.5, 0.6) is 5.75 Å². The second kappa shape index (κ2) is 7.15. The zero-order chi connectivity index (χ0) is 17.8. The van der Waals surface area contributed by atoms with Crippen LogP contribution >= 0.6 is 0 Å². The Kier molecular flexibility index (Phi) is 4.39. The summed E-state index contributed by atoms with van der Waals surface area (Å²) in [6, 6.07) is 27.7. The minimum atomic E-state index is 0.521. The average Bonchev–Trinajstić information content (AvgIpc) is 3.13. The van der Waals surface area contributed by atoms with Gasteiger partial charge in [0.15, 0.2) is 0 Å². The van der Waals surface area contributed by atoms with Crippen molar-refractivity contribution >= 4 is 5.69 Å². The monoisotopic (exact) mass is 342 g/mol. The van der Waals surface area contributed by atoms with Crippen LogP contribution in [-0.4, -0.2) is 11.7 Å². The number of methoxy groups -OCH3 is 1. The highest BCUT2D eigenvalue weighted by Gasteiger charge is 2.11. The van der Waals surface area contributed by atoms with Gasteiger partial charge in [-0.3, -0.25) is 4.57 Å². The number of ether oxygens (including phenoxy) is 1. The number of hydrogen-bond acceptors (Lipinski definition) is 3. The summed E-state index contributed by atoms with van der Waals surface area (Å²) in [5.41, 5.74) is 4.30. The van der Waals surface area contributed by atoms with E-state index in [0.717, 1.165) is 28.4 Å². The first-order chi connectivity index (χ1) is 12.8. The van der Waals surface area contributed by atoms with Crippen molar-refractivity contribution in [2.75, 3.05) is 7.11 Å². The molecule has 4 rings (SSSR count). The normalized spacial score (nSPS) is 11.5. The molecular formula is C22H18N2O2. The Labute approximate surface area is 151 Å². The number of benzene rings is 3. The molecule has 1 aromatic heterocycles. The van der Waals surface area contributed by atoms with Gasteiger partial charge in [0, 0.05) is 5.56 Å². The molecule has 0 unspecified atom stereocenters. The van der Waals surface area contributed by atoms with Crippen molar-refractivity contribution in [3.05, 3.63) is 96.9 Å². The predicted molar refractivity (Wildman–Crippen MR) is 102 cm³/mol. The summed E-state index contributed by atoms with van der Waals surface area (Å²) < 4.78 is 13.1. The first-order valence-corrected chi connectivity index (χ1v) is 8.35. The third-order valence-electron chi connectivity index (χ3n) is 4.09. The number of oxazole rings is 1. The highest BCUT2D eigenvalue weighted by atomic mass is 16.5. The van der Waals surface area contributed by atoms with Gasteiger partial charge in [0.05, 0.1) is 24.2 Å². The quantitative estimate of drug-likeness (QED) is 0.525. The fourth-order valence-corrected chi connectivity index (χ4v) is 2.79. The first-order valence-electron chi connectivity index (χ1n) is 8.35. The Bertz CT molecular complexity index is 1050. The minimum Gasteiger partial charge on any atom is -0.497 e. The van der Waals surface area contributed by atoms with Gasteiger partial charge in [0.1, 0.15) is 12.0 Å². The van der Waals surface area contributed by atoms with Crippen LogP contribution < -0.4 is 10.4 Å². The van der Waals surface area contributed by atoms with Crippen molar-refractivity contribution in [3.8, 4) is 22.7 Å². The van der Waals surface area contributed by atoms with E-state index >= 15 is 0 Å². The van der Waals surface area contributed by atoms with E-state index in [4.69, 9.17) is 9.15 Å². The van der Waals surface area contributed by atoms with Crippen molar-refractivity contribution in [3.63, 3.8) is 0 Å². The van der Waals surface area contributed by atoms with Crippen molar-refractivity contribution in [2.45, 2.75) is 0 Å². The van der Waals surface area contributed by atoms with E-state index in [-0.39, 0.29) is 0 Å². The molecule has 0 bridgehead atoms. The number of aromatic nitrogens is 1. The standard InChI is InChI=1S/C22H18N2O2/c1-25-20-14-12-17(13-15-20)21-16-26-22(23-18-8-4-2-5-9-18)24(21)19-10-6-3-7-11-19/h2-16H,1H3. The predicted octanol–water partition coefficient (Wildman–Crippen LogP) is 4.98. The fraction of sp³-hybridized carbons (Fsp3) is 0.0455. The van der Waals surface area contributed by atoms with Crippen LogP contribution in [0.15, 0.2) is 101 Å².